The van der Waals surface area contributed by atoms with Crippen molar-refractivity contribution < 1.29 is 13.7 Å². The highest BCUT2D eigenvalue weighted by Gasteiger charge is 2.53. The van der Waals surface area contributed by atoms with Crippen LogP contribution >= 0.6 is 0 Å². The quantitative estimate of drug-likeness (QED) is 0.794. The van der Waals surface area contributed by atoms with Crippen molar-refractivity contribution in [2.45, 2.75) is 58.8 Å². The number of rotatable bonds is 4. The lowest BCUT2D eigenvalue weighted by Gasteiger charge is -2.32. The lowest BCUT2D eigenvalue weighted by Crippen LogP contribution is -2.41. The van der Waals surface area contributed by atoms with Crippen molar-refractivity contribution in [1.29, 1.82) is 0 Å². The number of aryl methyl sites for hydroxylation is 1. The first-order valence-electron chi connectivity index (χ1n) is 7.01. The fourth-order valence-electron chi connectivity index (χ4n) is 2.03. The zero-order chi connectivity index (χ0) is 15.0. The van der Waals surface area contributed by atoms with E-state index in [9.17, 15) is 4.39 Å². The summed E-state index contributed by atoms with van der Waals surface area (Å²) in [5.74, 6) is 0. The summed E-state index contributed by atoms with van der Waals surface area (Å²) in [6.07, 6.45) is 4.05. The van der Waals surface area contributed by atoms with Gasteiger partial charge in [0.25, 0.3) is 0 Å². The molecule has 0 aromatic carbocycles. The molecule has 2 heterocycles. The third-order valence-corrected chi connectivity index (χ3v) is 3.95. The molecule has 20 heavy (non-hydrogen) atoms. The van der Waals surface area contributed by atoms with Gasteiger partial charge >= 0.3 is 7.12 Å². The average molecular weight is 280 g/mol. The maximum Gasteiger partial charge on any atom is 0.525 e. The van der Waals surface area contributed by atoms with E-state index in [-0.39, 0.29) is 0 Å². The molecule has 1 aromatic rings. The van der Waals surface area contributed by atoms with E-state index in [1.165, 1.54) is 6.08 Å². The van der Waals surface area contributed by atoms with E-state index in [1.807, 2.05) is 27.7 Å². The van der Waals surface area contributed by atoms with E-state index in [2.05, 4.69) is 12.0 Å². The third-order valence-electron chi connectivity index (χ3n) is 3.95. The molecule has 0 amide bonds. The second kappa shape index (κ2) is 5.33. The SMILES string of the molecule is CCCn1nccc1C=C(F)B1OC(C)(C)C(C)(C)O1. The maximum absolute atomic E-state index is 14.3. The lowest BCUT2D eigenvalue weighted by atomic mass is 9.87. The highest BCUT2D eigenvalue weighted by atomic mass is 19.1. The molecule has 1 saturated heterocycles. The molecule has 0 atom stereocenters. The fraction of sp³-hybridized carbons (Fsp3) is 0.643. The van der Waals surface area contributed by atoms with Crippen LogP contribution in [-0.4, -0.2) is 28.1 Å². The highest BCUT2D eigenvalue weighted by molar-refractivity contribution is 6.54. The molecule has 1 aliphatic heterocycles. The van der Waals surface area contributed by atoms with Crippen LogP contribution < -0.4 is 0 Å². The van der Waals surface area contributed by atoms with Gasteiger partial charge in [0.2, 0.25) is 0 Å². The summed E-state index contributed by atoms with van der Waals surface area (Å²) in [5.41, 5.74) is -0.778. The second-order valence-corrected chi connectivity index (χ2v) is 6.10. The molecule has 0 spiro atoms. The van der Waals surface area contributed by atoms with Crippen molar-refractivity contribution in [2.24, 2.45) is 0 Å². The van der Waals surface area contributed by atoms with E-state index in [1.54, 1.807) is 16.9 Å². The first kappa shape index (κ1) is 15.3. The van der Waals surface area contributed by atoms with Crippen LogP contribution in [0.25, 0.3) is 6.08 Å². The minimum Gasteiger partial charge on any atom is -0.398 e. The molecule has 110 valence electrons. The third kappa shape index (κ3) is 2.81. The molecule has 6 heteroatoms. The van der Waals surface area contributed by atoms with Gasteiger partial charge in [-0.1, -0.05) is 6.92 Å². The van der Waals surface area contributed by atoms with Crippen molar-refractivity contribution in [3.63, 3.8) is 0 Å². The van der Waals surface area contributed by atoms with Crippen molar-refractivity contribution in [3.05, 3.63) is 23.7 Å². The van der Waals surface area contributed by atoms with Crippen LogP contribution in [0.3, 0.4) is 0 Å². The predicted molar refractivity (Wildman–Crippen MR) is 77.7 cm³/mol. The normalized spacial score (nSPS) is 21.5. The Morgan fingerprint density at radius 3 is 2.50 bits per heavy atom. The van der Waals surface area contributed by atoms with Gasteiger partial charge in [-0.3, -0.25) is 4.68 Å². The van der Waals surface area contributed by atoms with Crippen LogP contribution in [0.4, 0.5) is 4.39 Å². The first-order valence-corrected chi connectivity index (χ1v) is 7.01. The van der Waals surface area contributed by atoms with Crippen LogP contribution in [0.5, 0.6) is 0 Å². The minimum absolute atomic E-state index is 0.429. The molecule has 0 unspecified atom stereocenters. The monoisotopic (exact) mass is 280 g/mol. The van der Waals surface area contributed by atoms with Crippen LogP contribution in [-0.2, 0) is 15.9 Å². The van der Waals surface area contributed by atoms with Gasteiger partial charge in [-0.2, -0.15) is 5.10 Å². The van der Waals surface area contributed by atoms with Crippen LogP contribution in [0.1, 0.15) is 46.7 Å². The van der Waals surface area contributed by atoms with Gasteiger partial charge < -0.3 is 9.31 Å². The number of nitrogens with zero attached hydrogens (tertiary/aromatic N) is 2. The van der Waals surface area contributed by atoms with Crippen molar-refractivity contribution in [1.82, 2.24) is 9.78 Å². The summed E-state index contributed by atoms with van der Waals surface area (Å²) in [7, 11) is -0.954. The van der Waals surface area contributed by atoms with Crippen molar-refractivity contribution in [3.8, 4) is 0 Å². The number of halogens is 1. The Bertz CT molecular complexity index is 495. The molecule has 1 fully saturated rings. The topological polar surface area (TPSA) is 36.3 Å². The molecule has 0 radical (unpaired) electrons. The zero-order valence-electron chi connectivity index (χ0n) is 12.8. The molecular weight excluding hydrogens is 258 g/mol. The first-order chi connectivity index (χ1) is 9.27. The van der Waals surface area contributed by atoms with E-state index >= 15 is 0 Å². The van der Waals surface area contributed by atoms with E-state index in [0.717, 1.165) is 18.7 Å². The largest absolute Gasteiger partial charge is 0.525 e. The standard InChI is InChI=1S/C14H22BFN2O2/c1-6-9-18-11(7-8-17-18)10-12(16)15-19-13(2,3)14(4,5)20-15/h7-8,10H,6,9H2,1-5H3. The molecule has 1 aromatic heterocycles. The summed E-state index contributed by atoms with van der Waals surface area (Å²) in [5, 5.41) is 4.17. The molecule has 2 rings (SSSR count). The van der Waals surface area contributed by atoms with Crippen LogP contribution in [0.2, 0.25) is 0 Å². The molecule has 0 saturated carbocycles. The Balaban J connectivity index is 2.18. The molecule has 1 aliphatic rings. The Kier molecular flexibility index (Phi) is 4.07. The summed E-state index contributed by atoms with van der Waals surface area (Å²) in [6, 6.07) is 1.78. The minimum atomic E-state index is -0.954. The van der Waals surface area contributed by atoms with E-state index in [4.69, 9.17) is 9.31 Å². The van der Waals surface area contributed by atoms with Crippen molar-refractivity contribution in [2.75, 3.05) is 0 Å². The Hall–Kier alpha value is -1.14. The smallest absolute Gasteiger partial charge is 0.398 e. The number of aromatic nitrogens is 2. The van der Waals surface area contributed by atoms with Crippen LogP contribution in [0.15, 0.2) is 18.0 Å². The van der Waals surface area contributed by atoms with Crippen LogP contribution in [0, 0.1) is 0 Å². The van der Waals surface area contributed by atoms with E-state index in [0.29, 0.717) is 0 Å². The van der Waals surface area contributed by atoms with Gasteiger partial charge in [-0.05, 0) is 46.3 Å². The molecule has 4 nitrogen and oxygen atoms in total. The molecule has 0 N–H and O–H groups in total. The van der Waals surface area contributed by atoms with Gasteiger partial charge in [0, 0.05) is 12.7 Å². The molecule has 0 aliphatic carbocycles. The number of hydrogen-bond donors (Lipinski definition) is 0. The Morgan fingerprint density at radius 2 is 1.95 bits per heavy atom. The summed E-state index contributed by atoms with van der Waals surface area (Å²) in [6.45, 7) is 10.4. The summed E-state index contributed by atoms with van der Waals surface area (Å²) >= 11 is 0. The average Bonchev–Trinajstić information content (AvgIpc) is 2.83. The van der Waals surface area contributed by atoms with Gasteiger partial charge in [-0.15, -0.1) is 0 Å². The zero-order valence-corrected chi connectivity index (χ0v) is 12.8. The van der Waals surface area contributed by atoms with Gasteiger partial charge in [0.05, 0.1) is 16.9 Å². The molecular formula is C14H22BFN2O2. The Morgan fingerprint density at radius 1 is 1.35 bits per heavy atom. The fourth-order valence-corrected chi connectivity index (χ4v) is 2.03. The van der Waals surface area contributed by atoms with Gasteiger partial charge in [-0.25, -0.2) is 4.39 Å². The summed E-state index contributed by atoms with van der Waals surface area (Å²) < 4.78 is 27.5. The summed E-state index contributed by atoms with van der Waals surface area (Å²) in [4.78, 5) is 0. The maximum atomic E-state index is 14.3. The van der Waals surface area contributed by atoms with Crippen molar-refractivity contribution >= 4 is 13.2 Å². The Labute approximate surface area is 120 Å². The second-order valence-electron chi connectivity index (χ2n) is 6.10. The van der Waals surface area contributed by atoms with Gasteiger partial charge in [0.15, 0.2) is 0 Å². The number of hydrogen-bond acceptors (Lipinski definition) is 3. The van der Waals surface area contributed by atoms with E-state index < -0.39 is 24.0 Å². The predicted octanol–water partition coefficient (Wildman–Crippen LogP) is 3.23. The molecule has 0 bridgehead atoms. The highest BCUT2D eigenvalue weighted by Crippen LogP contribution is 2.39. The van der Waals surface area contributed by atoms with Gasteiger partial charge in [0.1, 0.15) is 5.73 Å². The lowest BCUT2D eigenvalue weighted by molar-refractivity contribution is 0.00578.